The van der Waals surface area contributed by atoms with Gasteiger partial charge in [-0.15, -0.1) is 11.8 Å². The summed E-state index contributed by atoms with van der Waals surface area (Å²) in [5.74, 6) is 0.350. The number of alkyl halides is 1. The van der Waals surface area contributed by atoms with Gasteiger partial charge in [-0.2, -0.15) is 0 Å². The molecule has 0 aromatic rings. The summed E-state index contributed by atoms with van der Waals surface area (Å²) in [7, 11) is 1.41. The molecule has 0 amide bonds. The van der Waals surface area contributed by atoms with Gasteiger partial charge in [-0.3, -0.25) is 4.79 Å². The van der Waals surface area contributed by atoms with Crippen LogP contribution in [-0.4, -0.2) is 45.6 Å². The normalized spacial score (nSPS) is 30.9. The maximum atomic E-state index is 11.1. The van der Waals surface area contributed by atoms with E-state index in [1.54, 1.807) is 0 Å². The monoisotopic (exact) mass is 486 g/mol. The number of aliphatic hydroxyl groups is 2. The van der Waals surface area contributed by atoms with E-state index in [0.717, 1.165) is 44.9 Å². The van der Waals surface area contributed by atoms with E-state index in [1.807, 2.05) is 17.8 Å². The molecule has 6 atom stereocenters. The molecule has 0 saturated heterocycles. The van der Waals surface area contributed by atoms with Gasteiger partial charge in [0.05, 0.1) is 19.3 Å². The molecule has 1 aliphatic heterocycles. The Morgan fingerprint density at radius 3 is 2.90 bits per heavy atom. The summed E-state index contributed by atoms with van der Waals surface area (Å²) in [5, 5.41) is 21.2. The Kier molecular flexibility index (Phi) is 11.1. The van der Waals surface area contributed by atoms with E-state index in [4.69, 9.17) is 0 Å². The van der Waals surface area contributed by atoms with Crippen molar-refractivity contribution in [2.45, 2.75) is 80.6 Å². The maximum absolute atomic E-state index is 11.1. The van der Waals surface area contributed by atoms with E-state index >= 15 is 0 Å². The van der Waals surface area contributed by atoms with Crippen molar-refractivity contribution in [2.24, 2.45) is 11.8 Å². The molecule has 29 heavy (non-hydrogen) atoms. The number of methoxy groups -OCH3 is 1. The fourth-order valence-electron chi connectivity index (χ4n) is 3.94. The molecule has 0 spiro atoms. The minimum atomic E-state index is -0.437. The first-order chi connectivity index (χ1) is 13.9. The van der Waals surface area contributed by atoms with Crippen LogP contribution in [0.2, 0.25) is 0 Å². The number of hydrogen-bond acceptors (Lipinski definition) is 5. The van der Waals surface area contributed by atoms with E-state index in [1.165, 1.54) is 12.0 Å². The molecule has 1 saturated carbocycles. The Bertz CT molecular complexity index is 604. The lowest BCUT2D eigenvalue weighted by Crippen LogP contribution is -2.17. The van der Waals surface area contributed by atoms with Crippen LogP contribution in [0.4, 0.5) is 0 Å². The smallest absolute Gasteiger partial charge is 0.305 e. The molecule has 1 aliphatic carbocycles. The van der Waals surface area contributed by atoms with Crippen LogP contribution >= 0.6 is 27.7 Å². The Balaban J connectivity index is 1.72. The minimum absolute atomic E-state index is 0.169. The molecular formula is C23H35BrO4S. The number of unbranched alkanes of at least 4 members (excludes halogenated alkanes) is 1. The average Bonchev–Trinajstić information content (AvgIpc) is 3.22. The molecule has 6 heteroatoms. The van der Waals surface area contributed by atoms with Gasteiger partial charge in [-0.05, 0) is 61.7 Å². The Morgan fingerprint density at radius 1 is 1.41 bits per heavy atom. The number of allylic oxidation sites excluding steroid dienone is 5. The van der Waals surface area contributed by atoms with Crippen LogP contribution in [0.25, 0.3) is 0 Å². The van der Waals surface area contributed by atoms with Crippen LogP contribution in [-0.2, 0) is 9.53 Å². The third-order valence-corrected chi connectivity index (χ3v) is 8.51. The minimum Gasteiger partial charge on any atom is -0.469 e. The van der Waals surface area contributed by atoms with Crippen molar-refractivity contribution in [2.75, 3.05) is 7.11 Å². The SMILES string of the molecule is COC(=O)CCC/C=C\C[C@H]1C(O)CCC1/C=C/[C@@H](O)CCC1=CC(Br)C(C)S1. The van der Waals surface area contributed by atoms with Crippen LogP contribution in [0.15, 0.2) is 35.3 Å². The molecule has 1 heterocycles. The summed E-state index contributed by atoms with van der Waals surface area (Å²) in [6.07, 6.45) is 16.1. The van der Waals surface area contributed by atoms with Crippen molar-refractivity contribution in [3.8, 4) is 0 Å². The van der Waals surface area contributed by atoms with Crippen molar-refractivity contribution in [1.82, 2.24) is 0 Å². The lowest BCUT2D eigenvalue weighted by molar-refractivity contribution is -0.140. The van der Waals surface area contributed by atoms with Crippen molar-refractivity contribution in [3.05, 3.63) is 35.3 Å². The lowest BCUT2D eigenvalue weighted by atomic mass is 9.90. The highest BCUT2D eigenvalue weighted by atomic mass is 79.9. The second-order valence-corrected chi connectivity index (χ2v) is 10.6. The first kappa shape index (κ1) is 24.7. The molecule has 2 N–H and O–H groups in total. The number of thioether (sulfide) groups is 1. The second kappa shape index (κ2) is 13.0. The van der Waals surface area contributed by atoms with Crippen molar-refractivity contribution < 1.29 is 19.7 Å². The largest absolute Gasteiger partial charge is 0.469 e. The van der Waals surface area contributed by atoms with Crippen LogP contribution in [0.3, 0.4) is 0 Å². The summed E-state index contributed by atoms with van der Waals surface area (Å²) >= 11 is 5.55. The summed E-state index contributed by atoms with van der Waals surface area (Å²) in [5.41, 5.74) is 0. The molecular weight excluding hydrogens is 452 g/mol. The molecule has 1 fully saturated rings. The van der Waals surface area contributed by atoms with Crippen molar-refractivity contribution in [3.63, 3.8) is 0 Å². The number of aliphatic hydroxyl groups excluding tert-OH is 2. The predicted octanol–water partition coefficient (Wildman–Crippen LogP) is 5.14. The molecule has 164 valence electrons. The quantitative estimate of drug-likeness (QED) is 0.183. The first-order valence-electron chi connectivity index (χ1n) is 10.7. The second-order valence-electron chi connectivity index (χ2n) is 8.04. The van der Waals surface area contributed by atoms with E-state index < -0.39 is 6.10 Å². The highest BCUT2D eigenvalue weighted by Gasteiger charge is 2.32. The molecule has 4 nitrogen and oxygen atoms in total. The van der Waals surface area contributed by atoms with Crippen LogP contribution in [0.1, 0.15) is 58.3 Å². The summed E-state index contributed by atoms with van der Waals surface area (Å²) in [4.78, 5) is 12.9. The number of hydrogen-bond donors (Lipinski definition) is 2. The van der Waals surface area contributed by atoms with Gasteiger partial charge >= 0.3 is 5.97 Å². The number of rotatable bonds is 11. The molecule has 0 bridgehead atoms. The number of ether oxygens (including phenoxy) is 1. The van der Waals surface area contributed by atoms with Gasteiger partial charge in [0.2, 0.25) is 0 Å². The molecule has 0 radical (unpaired) electrons. The standard InChI is InChI=1S/C23H35BrO4S/c1-16-21(24)15-19(29-16)13-12-18(25)11-9-17-10-14-22(26)20(17)7-5-3-4-6-8-23(27)28-2/h3,5,9,11,15-18,20-22,25-26H,4,6-8,10,12-14H2,1-2H3/b5-3-,11-9+/t16?,17?,18-,20-,21?,22?/m1/s1. The fraction of sp³-hybridized carbons (Fsp3) is 0.696. The molecule has 4 unspecified atom stereocenters. The first-order valence-corrected chi connectivity index (χ1v) is 12.5. The zero-order chi connectivity index (χ0) is 21.2. The van der Waals surface area contributed by atoms with Gasteiger partial charge < -0.3 is 14.9 Å². The maximum Gasteiger partial charge on any atom is 0.305 e. The van der Waals surface area contributed by atoms with Gasteiger partial charge in [0, 0.05) is 16.5 Å². The number of halogens is 1. The van der Waals surface area contributed by atoms with Crippen molar-refractivity contribution in [1.29, 1.82) is 0 Å². The third kappa shape index (κ3) is 8.60. The average molecular weight is 488 g/mol. The topological polar surface area (TPSA) is 66.8 Å². The lowest BCUT2D eigenvalue weighted by Gasteiger charge is -2.18. The molecule has 0 aromatic carbocycles. The Hall–Kier alpha value is -0.560. The van der Waals surface area contributed by atoms with Gasteiger partial charge in [-0.1, -0.05) is 53.2 Å². The highest BCUT2D eigenvalue weighted by molar-refractivity contribution is 9.09. The Morgan fingerprint density at radius 2 is 2.21 bits per heavy atom. The predicted molar refractivity (Wildman–Crippen MR) is 124 cm³/mol. The van der Waals surface area contributed by atoms with Gasteiger partial charge in [-0.25, -0.2) is 0 Å². The van der Waals surface area contributed by atoms with E-state index in [-0.39, 0.29) is 18.0 Å². The van der Waals surface area contributed by atoms with Crippen molar-refractivity contribution >= 4 is 33.7 Å². The van der Waals surface area contributed by atoms with E-state index in [9.17, 15) is 15.0 Å². The summed E-state index contributed by atoms with van der Waals surface area (Å²) in [6, 6.07) is 0. The van der Waals surface area contributed by atoms with E-state index in [2.05, 4.69) is 51.9 Å². The number of esters is 1. The number of carbonyl (C=O) groups is 1. The number of carbonyl (C=O) groups excluding carboxylic acids is 1. The van der Waals surface area contributed by atoms with Crippen LogP contribution < -0.4 is 0 Å². The molecule has 2 rings (SSSR count). The fourth-order valence-corrected chi connectivity index (χ4v) is 5.91. The zero-order valence-electron chi connectivity index (χ0n) is 17.5. The van der Waals surface area contributed by atoms with Gasteiger partial charge in [0.1, 0.15) is 0 Å². The highest BCUT2D eigenvalue weighted by Crippen LogP contribution is 2.39. The third-order valence-electron chi connectivity index (χ3n) is 5.79. The van der Waals surface area contributed by atoms with Crippen LogP contribution in [0.5, 0.6) is 0 Å². The van der Waals surface area contributed by atoms with E-state index in [0.29, 0.717) is 22.4 Å². The van der Waals surface area contributed by atoms with Gasteiger partial charge in [0.15, 0.2) is 0 Å². The van der Waals surface area contributed by atoms with Gasteiger partial charge in [0.25, 0.3) is 0 Å². The molecule has 2 aliphatic rings. The zero-order valence-corrected chi connectivity index (χ0v) is 19.9. The summed E-state index contributed by atoms with van der Waals surface area (Å²) in [6.45, 7) is 2.21. The molecule has 0 aromatic heterocycles. The van der Waals surface area contributed by atoms with Crippen LogP contribution in [0, 0.1) is 11.8 Å². The summed E-state index contributed by atoms with van der Waals surface area (Å²) < 4.78 is 4.64. The Labute approximate surface area is 188 Å².